The summed E-state index contributed by atoms with van der Waals surface area (Å²) in [6.07, 6.45) is 7.28. The summed E-state index contributed by atoms with van der Waals surface area (Å²) in [7, 11) is 2.06. The number of para-hydroxylation sites is 1. The number of hydrogen-bond acceptors (Lipinski definition) is 6. The van der Waals surface area contributed by atoms with Crippen molar-refractivity contribution in [1.29, 1.82) is 0 Å². The van der Waals surface area contributed by atoms with E-state index < -0.39 is 0 Å². The van der Waals surface area contributed by atoms with Gasteiger partial charge in [-0.15, -0.1) is 0 Å². The number of imidazole rings is 1. The van der Waals surface area contributed by atoms with Gasteiger partial charge in [-0.3, -0.25) is 9.78 Å². The van der Waals surface area contributed by atoms with Gasteiger partial charge in [0.15, 0.2) is 0 Å². The number of pyridine rings is 1. The zero-order valence-corrected chi connectivity index (χ0v) is 19.6. The lowest BCUT2D eigenvalue weighted by atomic mass is 10.1. The smallest absolute Gasteiger partial charge is 0.257 e. The Kier molecular flexibility index (Phi) is 7.39. The molecule has 4 heterocycles. The lowest BCUT2D eigenvalue weighted by molar-refractivity contribution is -0.126. The van der Waals surface area contributed by atoms with Gasteiger partial charge in [0.1, 0.15) is 5.58 Å². The monoisotopic (exact) mass is 458 g/mol. The van der Waals surface area contributed by atoms with E-state index in [1.165, 1.54) is 6.20 Å². The van der Waals surface area contributed by atoms with Gasteiger partial charge in [-0.1, -0.05) is 31.2 Å². The van der Waals surface area contributed by atoms with E-state index in [9.17, 15) is 4.79 Å². The van der Waals surface area contributed by atoms with Crippen LogP contribution in [0.15, 0.2) is 71.9 Å². The molecular formula is C26H30N6O2. The second kappa shape index (κ2) is 10.8. The number of amides is 1. The van der Waals surface area contributed by atoms with E-state index in [0.717, 1.165) is 47.4 Å². The van der Waals surface area contributed by atoms with Crippen molar-refractivity contribution in [2.75, 3.05) is 20.1 Å². The van der Waals surface area contributed by atoms with Crippen molar-refractivity contribution in [1.82, 2.24) is 24.8 Å². The molecule has 8 heteroatoms. The first kappa shape index (κ1) is 23.3. The van der Waals surface area contributed by atoms with Crippen molar-refractivity contribution in [3.05, 3.63) is 90.1 Å². The van der Waals surface area contributed by atoms with Gasteiger partial charge < -0.3 is 24.9 Å². The van der Waals surface area contributed by atoms with Crippen LogP contribution in [0.4, 0.5) is 0 Å². The van der Waals surface area contributed by atoms with E-state index in [0.29, 0.717) is 24.4 Å². The average molecular weight is 459 g/mol. The van der Waals surface area contributed by atoms with Crippen LogP contribution in [-0.2, 0) is 24.3 Å². The Morgan fingerprint density at radius 3 is 2.82 bits per heavy atom. The molecule has 1 amide bonds. The third-order valence-electron chi connectivity index (χ3n) is 5.91. The number of H-pyrrole nitrogens is 1. The van der Waals surface area contributed by atoms with Crippen molar-refractivity contribution >= 4 is 22.4 Å². The number of furan rings is 1. The van der Waals surface area contributed by atoms with Crippen LogP contribution in [0.2, 0.25) is 0 Å². The molecule has 8 nitrogen and oxygen atoms in total. The van der Waals surface area contributed by atoms with Crippen molar-refractivity contribution in [3.8, 4) is 0 Å². The maximum absolute atomic E-state index is 12.9. The normalized spacial score (nSPS) is 13.5. The minimum atomic E-state index is -0.103. The van der Waals surface area contributed by atoms with Crippen LogP contribution in [0.1, 0.15) is 29.6 Å². The summed E-state index contributed by atoms with van der Waals surface area (Å²) in [5.41, 5.74) is 10.9. The Hall–Kier alpha value is -3.91. The maximum Gasteiger partial charge on any atom is 0.257 e. The van der Waals surface area contributed by atoms with Gasteiger partial charge in [0, 0.05) is 37.3 Å². The van der Waals surface area contributed by atoms with E-state index in [4.69, 9.17) is 10.2 Å². The van der Waals surface area contributed by atoms with Crippen LogP contribution >= 0.6 is 0 Å². The summed E-state index contributed by atoms with van der Waals surface area (Å²) >= 11 is 0. The molecule has 0 atom stereocenters. The largest absolute Gasteiger partial charge is 0.464 e. The lowest BCUT2D eigenvalue weighted by Gasteiger charge is -2.27. The highest BCUT2D eigenvalue weighted by Crippen LogP contribution is 2.21. The molecule has 1 aliphatic rings. The average Bonchev–Trinajstić information content (AvgIpc) is 3.54. The summed E-state index contributed by atoms with van der Waals surface area (Å²) in [4.78, 5) is 28.6. The van der Waals surface area contributed by atoms with Crippen LogP contribution < -0.4 is 5.73 Å². The van der Waals surface area contributed by atoms with E-state index in [2.05, 4.69) is 33.8 Å². The van der Waals surface area contributed by atoms with E-state index in [1.54, 1.807) is 17.5 Å². The molecule has 34 heavy (non-hydrogen) atoms. The van der Waals surface area contributed by atoms with Crippen molar-refractivity contribution in [2.45, 2.75) is 26.4 Å². The van der Waals surface area contributed by atoms with Gasteiger partial charge in [-0.05, 0) is 37.4 Å². The maximum atomic E-state index is 12.9. The first-order chi connectivity index (χ1) is 16.6. The highest BCUT2D eigenvalue weighted by molar-refractivity contribution is 6.18. The van der Waals surface area contributed by atoms with Gasteiger partial charge in [-0.2, -0.15) is 0 Å². The van der Waals surface area contributed by atoms with E-state index in [-0.39, 0.29) is 5.91 Å². The number of rotatable bonds is 5. The van der Waals surface area contributed by atoms with Crippen molar-refractivity contribution in [2.24, 2.45) is 5.73 Å². The van der Waals surface area contributed by atoms with Crippen molar-refractivity contribution in [3.63, 3.8) is 0 Å². The fraction of sp³-hybridized carbons (Fsp3) is 0.269. The van der Waals surface area contributed by atoms with Gasteiger partial charge in [-0.25, -0.2) is 4.98 Å². The number of carbonyl (C=O) groups excluding carboxylic acids is 1. The fourth-order valence-electron chi connectivity index (χ4n) is 3.83. The third-order valence-corrected chi connectivity index (χ3v) is 5.91. The van der Waals surface area contributed by atoms with Crippen molar-refractivity contribution < 1.29 is 9.21 Å². The SMILES string of the molecule is CCN(C)Cc1ccc(/C(=C\N)C(=O)N2CCc3nc[nH]c3C2)nc1.c1ccc2occc2c1. The Bertz CT molecular complexity index is 1230. The highest BCUT2D eigenvalue weighted by atomic mass is 16.3. The summed E-state index contributed by atoms with van der Waals surface area (Å²) in [5, 5.41) is 1.16. The minimum absolute atomic E-state index is 0.103. The molecule has 3 aromatic heterocycles. The number of nitrogens with two attached hydrogens (primary N) is 1. The first-order valence-electron chi connectivity index (χ1n) is 11.4. The van der Waals surface area contributed by atoms with Crippen LogP contribution in [0.25, 0.3) is 16.5 Å². The second-order valence-corrected chi connectivity index (χ2v) is 8.23. The van der Waals surface area contributed by atoms with Crippen LogP contribution in [-0.4, -0.2) is 50.8 Å². The molecule has 5 rings (SSSR count). The quantitative estimate of drug-likeness (QED) is 0.443. The summed E-state index contributed by atoms with van der Waals surface area (Å²) < 4.78 is 5.12. The highest BCUT2D eigenvalue weighted by Gasteiger charge is 2.25. The van der Waals surface area contributed by atoms with Crippen LogP contribution in [0, 0.1) is 0 Å². The van der Waals surface area contributed by atoms with E-state index >= 15 is 0 Å². The summed E-state index contributed by atoms with van der Waals surface area (Å²) in [6, 6.07) is 13.8. The third kappa shape index (κ3) is 5.35. The number of nitrogens with zero attached hydrogens (tertiary/aromatic N) is 4. The molecule has 0 saturated carbocycles. The molecule has 176 valence electrons. The zero-order chi connectivity index (χ0) is 23.9. The molecule has 0 spiro atoms. The van der Waals surface area contributed by atoms with Crippen LogP contribution in [0.3, 0.4) is 0 Å². The Morgan fingerprint density at radius 2 is 2.09 bits per heavy atom. The number of benzene rings is 1. The molecule has 0 unspecified atom stereocenters. The molecule has 4 aromatic rings. The molecule has 3 N–H and O–H groups in total. The summed E-state index contributed by atoms with van der Waals surface area (Å²) in [5.74, 6) is -0.103. The summed E-state index contributed by atoms with van der Waals surface area (Å²) in [6.45, 7) is 5.06. The first-order valence-corrected chi connectivity index (χ1v) is 11.4. The molecular weight excluding hydrogens is 428 g/mol. The number of fused-ring (bicyclic) bond motifs is 2. The molecule has 1 aromatic carbocycles. The molecule has 0 bridgehead atoms. The predicted molar refractivity (Wildman–Crippen MR) is 132 cm³/mol. The minimum Gasteiger partial charge on any atom is -0.464 e. The second-order valence-electron chi connectivity index (χ2n) is 8.23. The Balaban J connectivity index is 0.000000252. The molecule has 0 aliphatic carbocycles. The number of nitrogens with one attached hydrogen (secondary N) is 1. The predicted octanol–water partition coefficient (Wildman–Crippen LogP) is 3.57. The van der Waals surface area contributed by atoms with Gasteiger partial charge in [0.05, 0.1) is 41.8 Å². The van der Waals surface area contributed by atoms with Gasteiger partial charge in [0.2, 0.25) is 0 Å². The topological polar surface area (TPSA) is 104 Å². The molecule has 0 saturated heterocycles. The number of aromatic amines is 1. The standard InChI is InChI=1S/C18H24N6O.C8H6O/c1-3-23(2)10-13-4-5-15(20-9-13)14(8-19)18(25)24-7-6-16-17(11-24)22-12-21-16;1-2-4-8-7(3-1)5-6-9-8/h4-5,8-9,12H,3,6-7,10-11,19H2,1-2H3,(H,21,22);1-6H/b14-8+;. The molecule has 0 fully saturated rings. The van der Waals surface area contributed by atoms with Crippen LogP contribution in [0.5, 0.6) is 0 Å². The van der Waals surface area contributed by atoms with Gasteiger partial charge >= 0.3 is 0 Å². The fourth-order valence-corrected chi connectivity index (χ4v) is 3.83. The Labute approximate surface area is 199 Å². The zero-order valence-electron chi connectivity index (χ0n) is 19.6. The van der Waals surface area contributed by atoms with E-state index in [1.807, 2.05) is 48.7 Å². The Morgan fingerprint density at radius 1 is 1.24 bits per heavy atom. The number of hydrogen-bond donors (Lipinski definition) is 2. The van der Waals surface area contributed by atoms with Gasteiger partial charge in [0.25, 0.3) is 5.91 Å². The molecule has 1 aliphatic heterocycles. The lowest BCUT2D eigenvalue weighted by Crippen LogP contribution is -2.36. The number of carbonyl (C=O) groups is 1. The number of aromatic nitrogens is 3. The molecule has 0 radical (unpaired) electrons.